The van der Waals surface area contributed by atoms with Crippen molar-refractivity contribution in [2.24, 2.45) is 5.73 Å². The Morgan fingerprint density at radius 3 is 2.44 bits per heavy atom. The van der Waals surface area contributed by atoms with E-state index in [0.717, 1.165) is 0 Å². The smallest absolute Gasteiger partial charge is 0.321 e. The minimum Gasteiger partial charge on any atom is -0.480 e. The number of hydrogen-bond donors (Lipinski definition) is 2. The van der Waals surface area contributed by atoms with E-state index < -0.39 is 20.9 Å². The number of rotatable bonds is 5. The second kappa shape index (κ2) is 5.33. The van der Waals surface area contributed by atoms with E-state index >= 15 is 0 Å². The zero-order valence-electron chi connectivity index (χ0n) is 8.24. The Bertz CT molecular complexity index is 458. The Balaban J connectivity index is 2.71. The fraction of sp³-hybridized carbons (Fsp3) is 0.222. The molecule has 1 rings (SSSR count). The van der Waals surface area contributed by atoms with Crippen molar-refractivity contribution in [3.05, 3.63) is 30.3 Å². The lowest BCUT2D eigenvalue weighted by Gasteiger charge is -2.06. The van der Waals surface area contributed by atoms with Crippen molar-refractivity contribution in [3.63, 3.8) is 0 Å². The molecule has 0 saturated carbocycles. The number of carboxylic acid groups (broad SMARTS) is 1. The summed E-state index contributed by atoms with van der Waals surface area (Å²) in [7, 11) is -2.98. The van der Waals surface area contributed by atoms with Crippen molar-refractivity contribution in [1.29, 1.82) is 0 Å². The van der Waals surface area contributed by atoms with Crippen molar-refractivity contribution in [2.75, 3.05) is 5.75 Å². The second-order valence-corrected chi connectivity index (χ2v) is 6.97. The third-order valence-electron chi connectivity index (χ3n) is 1.75. The first-order valence-corrected chi connectivity index (χ1v) is 7.35. The van der Waals surface area contributed by atoms with Crippen molar-refractivity contribution >= 4 is 25.6 Å². The fourth-order valence-electron chi connectivity index (χ4n) is 0.889. The molecule has 0 aliphatic rings. The topological polar surface area (TPSA) is 97.5 Å². The summed E-state index contributed by atoms with van der Waals surface area (Å²) in [4.78, 5) is 10.6. The maximum absolute atomic E-state index is 11.7. The van der Waals surface area contributed by atoms with Crippen LogP contribution >= 0.6 is 10.8 Å². The van der Waals surface area contributed by atoms with Gasteiger partial charge in [-0.3, -0.25) is 4.79 Å². The third-order valence-corrected chi connectivity index (χ3v) is 5.32. The van der Waals surface area contributed by atoms with E-state index in [1.54, 1.807) is 18.2 Å². The molecule has 16 heavy (non-hydrogen) atoms. The van der Waals surface area contributed by atoms with E-state index in [-0.39, 0.29) is 10.6 Å². The molecule has 0 aromatic heterocycles. The van der Waals surface area contributed by atoms with E-state index in [9.17, 15) is 13.2 Å². The van der Waals surface area contributed by atoms with Crippen LogP contribution in [0.4, 0.5) is 0 Å². The summed E-state index contributed by atoms with van der Waals surface area (Å²) in [6, 6.07) is 6.63. The highest BCUT2D eigenvalue weighted by Crippen LogP contribution is 2.23. The molecule has 0 bridgehead atoms. The zero-order chi connectivity index (χ0) is 12.2. The van der Waals surface area contributed by atoms with Gasteiger partial charge in [0.1, 0.15) is 6.04 Å². The van der Waals surface area contributed by atoms with Crippen LogP contribution in [0.3, 0.4) is 0 Å². The number of hydrogen-bond acceptors (Lipinski definition) is 5. The summed E-state index contributed by atoms with van der Waals surface area (Å²) in [5.41, 5.74) is 5.22. The molecule has 7 heteroatoms. The van der Waals surface area contributed by atoms with Gasteiger partial charge in [0.15, 0.2) is 0 Å². The molecule has 0 amide bonds. The molecular formula is C9H11NO4S2. The third kappa shape index (κ3) is 3.51. The summed E-state index contributed by atoms with van der Waals surface area (Å²) < 4.78 is 23.3. The molecule has 0 aliphatic heterocycles. The Labute approximate surface area is 97.0 Å². The van der Waals surface area contributed by atoms with E-state index in [1.165, 1.54) is 12.1 Å². The Morgan fingerprint density at radius 1 is 1.38 bits per heavy atom. The molecule has 1 aromatic carbocycles. The van der Waals surface area contributed by atoms with Crippen molar-refractivity contribution in [2.45, 2.75) is 10.9 Å². The second-order valence-electron chi connectivity index (χ2n) is 3.00. The average Bonchev–Trinajstić information content (AvgIpc) is 2.27. The molecule has 1 aromatic rings. The van der Waals surface area contributed by atoms with Gasteiger partial charge in [0.05, 0.1) is 4.90 Å². The van der Waals surface area contributed by atoms with Gasteiger partial charge in [-0.25, -0.2) is 8.42 Å². The van der Waals surface area contributed by atoms with Gasteiger partial charge >= 0.3 is 5.97 Å². The van der Waals surface area contributed by atoms with Gasteiger partial charge in [0.2, 0.25) is 8.87 Å². The minimum atomic E-state index is -3.52. The Morgan fingerprint density at radius 2 is 1.94 bits per heavy atom. The van der Waals surface area contributed by atoms with Crippen LogP contribution in [0.25, 0.3) is 0 Å². The van der Waals surface area contributed by atoms with Crippen LogP contribution in [0.5, 0.6) is 0 Å². The highest BCUT2D eigenvalue weighted by molar-refractivity contribution is 8.72. The van der Waals surface area contributed by atoms with Crippen LogP contribution in [0.1, 0.15) is 0 Å². The number of aliphatic carboxylic acids is 1. The largest absolute Gasteiger partial charge is 0.480 e. The summed E-state index contributed by atoms with van der Waals surface area (Å²) in [6.07, 6.45) is 0. The SMILES string of the molecule is N[C@@H](CSS(=O)(=O)c1ccccc1)C(=O)O. The van der Waals surface area contributed by atoms with Crippen LogP contribution in [0, 0.1) is 0 Å². The number of carboxylic acids is 1. The molecule has 5 nitrogen and oxygen atoms in total. The van der Waals surface area contributed by atoms with Gasteiger partial charge in [-0.1, -0.05) is 18.2 Å². The first-order chi connectivity index (χ1) is 7.43. The Kier molecular flexibility index (Phi) is 4.34. The fourth-order valence-corrected chi connectivity index (χ4v) is 3.70. The maximum Gasteiger partial charge on any atom is 0.321 e. The minimum absolute atomic E-state index is 0.151. The van der Waals surface area contributed by atoms with E-state index in [1.807, 2.05) is 0 Å². The molecule has 0 fully saturated rings. The van der Waals surface area contributed by atoms with Crippen molar-refractivity contribution in [1.82, 2.24) is 0 Å². The van der Waals surface area contributed by atoms with E-state index in [2.05, 4.69) is 0 Å². The van der Waals surface area contributed by atoms with Crippen LogP contribution in [0.15, 0.2) is 35.2 Å². The number of benzene rings is 1. The first-order valence-electron chi connectivity index (χ1n) is 4.36. The van der Waals surface area contributed by atoms with E-state index in [0.29, 0.717) is 10.8 Å². The summed E-state index contributed by atoms with van der Waals surface area (Å²) in [5.74, 6) is -1.39. The van der Waals surface area contributed by atoms with Crippen molar-refractivity contribution < 1.29 is 18.3 Å². The standard InChI is InChI=1S/C9H11NO4S2/c10-8(9(11)12)6-15-16(13,14)7-4-2-1-3-5-7/h1-5,8H,6,10H2,(H,11,12)/t8-/m0/s1. The van der Waals surface area contributed by atoms with Gasteiger partial charge in [-0.15, -0.1) is 0 Å². The monoisotopic (exact) mass is 261 g/mol. The van der Waals surface area contributed by atoms with E-state index in [4.69, 9.17) is 10.8 Å². The molecule has 0 heterocycles. The highest BCUT2D eigenvalue weighted by Gasteiger charge is 2.19. The van der Waals surface area contributed by atoms with Crippen LogP contribution < -0.4 is 5.73 Å². The first kappa shape index (κ1) is 13.0. The molecule has 0 aliphatic carbocycles. The summed E-state index contributed by atoms with van der Waals surface area (Å²) >= 11 is 0. The zero-order valence-corrected chi connectivity index (χ0v) is 9.87. The number of nitrogens with two attached hydrogens (primary N) is 1. The van der Waals surface area contributed by atoms with Crippen LogP contribution in [0.2, 0.25) is 0 Å². The lowest BCUT2D eigenvalue weighted by molar-refractivity contribution is -0.137. The predicted molar refractivity (Wildman–Crippen MR) is 61.7 cm³/mol. The Hall–Kier alpha value is -1.05. The van der Waals surface area contributed by atoms with Gasteiger partial charge in [-0.05, 0) is 22.9 Å². The number of carbonyl (C=O) groups is 1. The van der Waals surface area contributed by atoms with Gasteiger partial charge in [0.25, 0.3) is 0 Å². The van der Waals surface area contributed by atoms with Crippen LogP contribution in [-0.4, -0.2) is 31.3 Å². The normalized spacial score (nSPS) is 13.3. The maximum atomic E-state index is 11.7. The lowest BCUT2D eigenvalue weighted by Crippen LogP contribution is -2.32. The molecule has 0 unspecified atom stereocenters. The highest BCUT2D eigenvalue weighted by atomic mass is 33.1. The molecule has 3 N–H and O–H groups in total. The summed E-state index contributed by atoms with van der Waals surface area (Å²) in [6.45, 7) is 0. The molecule has 1 atom stereocenters. The quantitative estimate of drug-likeness (QED) is 0.750. The lowest BCUT2D eigenvalue weighted by atomic mass is 10.4. The average molecular weight is 261 g/mol. The molecule has 0 radical (unpaired) electrons. The molecule has 0 saturated heterocycles. The molecule has 88 valence electrons. The van der Waals surface area contributed by atoms with Crippen LogP contribution in [-0.2, 0) is 13.7 Å². The van der Waals surface area contributed by atoms with Gasteiger partial charge < -0.3 is 10.8 Å². The predicted octanol–water partition coefficient (Wildman–Crippen LogP) is 0.520. The summed E-state index contributed by atoms with van der Waals surface area (Å²) in [5, 5.41) is 8.52. The molecule has 0 spiro atoms. The van der Waals surface area contributed by atoms with Crippen molar-refractivity contribution in [3.8, 4) is 0 Å². The van der Waals surface area contributed by atoms with Gasteiger partial charge in [-0.2, -0.15) is 0 Å². The molecular weight excluding hydrogens is 250 g/mol. The van der Waals surface area contributed by atoms with Gasteiger partial charge in [0, 0.05) is 5.75 Å².